The first-order chi connectivity index (χ1) is 7.25. The summed E-state index contributed by atoms with van der Waals surface area (Å²) in [6.45, 7) is 0.414. The van der Waals surface area contributed by atoms with Crippen LogP contribution < -0.4 is 0 Å². The van der Waals surface area contributed by atoms with Gasteiger partial charge in [0.15, 0.2) is 5.78 Å². The summed E-state index contributed by atoms with van der Waals surface area (Å²) >= 11 is 0. The van der Waals surface area contributed by atoms with E-state index in [1.807, 2.05) is 18.2 Å². The fourth-order valence-corrected chi connectivity index (χ4v) is 2.30. The van der Waals surface area contributed by atoms with Crippen molar-refractivity contribution in [2.75, 3.05) is 6.61 Å². The molecule has 2 fully saturated rings. The average Bonchev–Trinajstić information content (AvgIpc) is 2.94. The number of Topliss-reactive ketones (excluding diaryl/α,β-unsaturated/α-hetero) is 1. The van der Waals surface area contributed by atoms with Crippen molar-refractivity contribution in [3.63, 3.8) is 0 Å². The second-order valence-electron chi connectivity index (χ2n) is 4.17. The Labute approximate surface area is 87.0 Å². The molecule has 2 atom stereocenters. The largest absolute Gasteiger partial charge is 0.465 e. The third-order valence-corrected chi connectivity index (χ3v) is 3.33. The third kappa shape index (κ3) is 1.00. The van der Waals surface area contributed by atoms with E-state index in [-0.39, 0.29) is 17.7 Å². The molecule has 0 radical (unpaired) electrons. The highest BCUT2D eigenvalue weighted by atomic mass is 16.5. The zero-order chi connectivity index (χ0) is 10.5. The van der Waals surface area contributed by atoms with E-state index in [1.165, 1.54) is 0 Å². The van der Waals surface area contributed by atoms with Gasteiger partial charge < -0.3 is 4.74 Å². The molecule has 1 saturated carbocycles. The van der Waals surface area contributed by atoms with E-state index < -0.39 is 5.41 Å². The van der Waals surface area contributed by atoms with Gasteiger partial charge in [-0.15, -0.1) is 0 Å². The molecule has 1 aliphatic carbocycles. The fraction of sp³-hybridized carbons (Fsp3) is 0.333. The van der Waals surface area contributed by atoms with E-state index in [2.05, 4.69) is 0 Å². The van der Waals surface area contributed by atoms with Gasteiger partial charge in [0.2, 0.25) is 0 Å². The summed E-state index contributed by atoms with van der Waals surface area (Å²) in [5, 5.41) is 0. The minimum Gasteiger partial charge on any atom is -0.465 e. The van der Waals surface area contributed by atoms with E-state index in [4.69, 9.17) is 4.74 Å². The Balaban J connectivity index is 1.97. The first-order valence-electron chi connectivity index (χ1n) is 5.02. The number of carbonyl (C=O) groups excluding carboxylic acids is 2. The van der Waals surface area contributed by atoms with Crippen LogP contribution in [0.5, 0.6) is 0 Å². The maximum absolute atomic E-state index is 12.1. The van der Waals surface area contributed by atoms with Gasteiger partial charge in [0.05, 0.1) is 6.61 Å². The molecule has 76 valence electrons. The van der Waals surface area contributed by atoms with Gasteiger partial charge in [-0.25, -0.2) is 0 Å². The second kappa shape index (κ2) is 2.69. The topological polar surface area (TPSA) is 43.4 Å². The zero-order valence-electron chi connectivity index (χ0n) is 8.10. The number of hydrogen-bond donors (Lipinski definition) is 0. The average molecular weight is 202 g/mol. The highest BCUT2D eigenvalue weighted by Crippen LogP contribution is 2.59. The lowest BCUT2D eigenvalue weighted by molar-refractivity contribution is -0.143. The van der Waals surface area contributed by atoms with Crippen molar-refractivity contribution in [2.24, 2.45) is 11.3 Å². The SMILES string of the molecule is O=C1OC[C@@H]2C[C@]12C(=O)c1ccccc1. The van der Waals surface area contributed by atoms with Gasteiger partial charge in [0, 0.05) is 11.5 Å². The van der Waals surface area contributed by atoms with E-state index in [0.717, 1.165) is 0 Å². The van der Waals surface area contributed by atoms with Gasteiger partial charge in [0.1, 0.15) is 5.41 Å². The number of rotatable bonds is 2. The molecule has 0 N–H and O–H groups in total. The lowest BCUT2D eigenvalue weighted by Crippen LogP contribution is -2.24. The Morgan fingerprint density at radius 3 is 2.60 bits per heavy atom. The number of cyclic esters (lactones) is 1. The van der Waals surface area contributed by atoms with Crippen LogP contribution in [-0.4, -0.2) is 18.4 Å². The van der Waals surface area contributed by atoms with E-state index in [0.29, 0.717) is 18.6 Å². The zero-order valence-corrected chi connectivity index (χ0v) is 8.10. The Morgan fingerprint density at radius 2 is 2.07 bits per heavy atom. The quantitative estimate of drug-likeness (QED) is 0.414. The van der Waals surface area contributed by atoms with Crippen LogP contribution in [0, 0.1) is 11.3 Å². The Hall–Kier alpha value is -1.64. The maximum Gasteiger partial charge on any atom is 0.320 e. The number of carbonyl (C=O) groups is 2. The molecule has 1 heterocycles. The van der Waals surface area contributed by atoms with Gasteiger partial charge in [-0.3, -0.25) is 9.59 Å². The van der Waals surface area contributed by atoms with Gasteiger partial charge in [0.25, 0.3) is 0 Å². The molecule has 15 heavy (non-hydrogen) atoms. The monoisotopic (exact) mass is 202 g/mol. The van der Waals surface area contributed by atoms with Crippen LogP contribution in [0.3, 0.4) is 0 Å². The first kappa shape index (κ1) is 8.65. The van der Waals surface area contributed by atoms with Crippen LogP contribution in [-0.2, 0) is 9.53 Å². The molecule has 3 heteroatoms. The molecule has 1 aromatic rings. The van der Waals surface area contributed by atoms with Gasteiger partial charge in [-0.1, -0.05) is 30.3 Å². The molecule has 2 aliphatic rings. The summed E-state index contributed by atoms with van der Waals surface area (Å²) in [6, 6.07) is 8.96. The summed E-state index contributed by atoms with van der Waals surface area (Å²) in [4.78, 5) is 23.6. The predicted octanol–water partition coefficient (Wildman–Crippen LogP) is 1.43. The van der Waals surface area contributed by atoms with Crippen LogP contribution in [0.2, 0.25) is 0 Å². The summed E-state index contributed by atoms with van der Waals surface area (Å²) in [5.74, 6) is -0.283. The molecule has 3 rings (SSSR count). The number of benzene rings is 1. The highest BCUT2D eigenvalue weighted by Gasteiger charge is 2.70. The van der Waals surface area contributed by atoms with Crippen molar-refractivity contribution in [3.8, 4) is 0 Å². The molecule has 1 aromatic carbocycles. The van der Waals surface area contributed by atoms with E-state index >= 15 is 0 Å². The number of ketones is 1. The first-order valence-corrected chi connectivity index (χ1v) is 5.02. The molecular weight excluding hydrogens is 192 g/mol. The van der Waals surface area contributed by atoms with Crippen LogP contribution in [0.15, 0.2) is 30.3 Å². The smallest absolute Gasteiger partial charge is 0.320 e. The molecule has 0 bridgehead atoms. The predicted molar refractivity (Wildman–Crippen MR) is 52.3 cm³/mol. The fourth-order valence-electron chi connectivity index (χ4n) is 2.30. The number of fused-ring (bicyclic) bond motifs is 1. The number of ether oxygens (including phenoxy) is 1. The third-order valence-electron chi connectivity index (χ3n) is 3.33. The maximum atomic E-state index is 12.1. The van der Waals surface area contributed by atoms with Gasteiger partial charge in [-0.2, -0.15) is 0 Å². The molecule has 0 unspecified atom stereocenters. The Kier molecular flexibility index (Phi) is 1.55. The Morgan fingerprint density at radius 1 is 1.33 bits per heavy atom. The van der Waals surface area contributed by atoms with Crippen LogP contribution in [0.1, 0.15) is 16.8 Å². The van der Waals surface area contributed by atoms with Crippen molar-refractivity contribution in [1.29, 1.82) is 0 Å². The second-order valence-corrected chi connectivity index (χ2v) is 4.17. The van der Waals surface area contributed by atoms with E-state index in [1.54, 1.807) is 12.1 Å². The lowest BCUT2D eigenvalue weighted by atomic mass is 9.94. The highest BCUT2D eigenvalue weighted by molar-refractivity contribution is 6.16. The summed E-state index contributed by atoms with van der Waals surface area (Å²) in [7, 11) is 0. The molecule has 3 nitrogen and oxygen atoms in total. The summed E-state index contributed by atoms with van der Waals surface area (Å²) in [6.07, 6.45) is 0.666. The molecule has 1 aliphatic heterocycles. The van der Waals surface area contributed by atoms with Crippen molar-refractivity contribution in [2.45, 2.75) is 6.42 Å². The molecule has 0 amide bonds. The van der Waals surface area contributed by atoms with Crippen molar-refractivity contribution in [3.05, 3.63) is 35.9 Å². The minimum atomic E-state index is -0.818. The Bertz CT molecular complexity index is 437. The lowest BCUT2D eigenvalue weighted by Gasteiger charge is -2.07. The molecule has 1 saturated heterocycles. The summed E-state index contributed by atoms with van der Waals surface area (Å²) < 4.78 is 4.90. The summed E-state index contributed by atoms with van der Waals surface area (Å²) in [5.41, 5.74) is -0.208. The van der Waals surface area contributed by atoms with E-state index in [9.17, 15) is 9.59 Å². The van der Waals surface area contributed by atoms with Crippen LogP contribution in [0.4, 0.5) is 0 Å². The van der Waals surface area contributed by atoms with Gasteiger partial charge >= 0.3 is 5.97 Å². The number of hydrogen-bond acceptors (Lipinski definition) is 3. The van der Waals surface area contributed by atoms with Crippen LogP contribution >= 0.6 is 0 Å². The molecule has 0 spiro atoms. The molecule has 0 aromatic heterocycles. The normalized spacial score (nSPS) is 32.0. The van der Waals surface area contributed by atoms with Crippen molar-refractivity contribution >= 4 is 11.8 Å². The minimum absolute atomic E-state index is 0.0735. The standard InChI is InChI=1S/C12H10O3/c13-10(8-4-2-1-3-5-8)12-6-9(12)7-15-11(12)14/h1-5,9H,6-7H2/t9-,12-/m0/s1. The van der Waals surface area contributed by atoms with Crippen molar-refractivity contribution < 1.29 is 14.3 Å². The van der Waals surface area contributed by atoms with Crippen LogP contribution in [0.25, 0.3) is 0 Å². The van der Waals surface area contributed by atoms with Gasteiger partial charge in [-0.05, 0) is 6.42 Å². The number of esters is 1. The van der Waals surface area contributed by atoms with Crippen molar-refractivity contribution in [1.82, 2.24) is 0 Å². The molecular formula is C12H10O3.